The molecule has 70 valence electrons. The smallest absolute Gasteiger partial charge is 0.283 e. The van der Waals surface area contributed by atoms with Crippen LogP contribution >= 0.6 is 7.91 Å². The van der Waals surface area contributed by atoms with E-state index >= 15 is 0 Å². The highest BCUT2D eigenvalue weighted by molar-refractivity contribution is 7.48. The Morgan fingerprint density at radius 1 is 1.83 bits per heavy atom. The van der Waals surface area contributed by atoms with Gasteiger partial charge in [-0.15, -0.1) is 10.8 Å². The maximum atomic E-state index is 12.7. The number of rotatable bonds is 1. The highest BCUT2D eigenvalue weighted by Crippen LogP contribution is 2.57. The summed E-state index contributed by atoms with van der Waals surface area (Å²) < 4.78 is 32.4. The van der Waals surface area contributed by atoms with E-state index in [0.717, 1.165) is 0 Å². The molecule has 0 radical (unpaired) electrons. The standard InChI is InChI=1S/C7H12FO3P/c1-4-7(3)5-10-12(8,9)11-6(7)2/h4,6H,1,5H2,2-3H3. The fraction of sp³-hybridized carbons (Fsp3) is 0.714. The summed E-state index contributed by atoms with van der Waals surface area (Å²) in [6.45, 7) is 7.09. The van der Waals surface area contributed by atoms with Crippen LogP contribution in [0.1, 0.15) is 13.8 Å². The van der Waals surface area contributed by atoms with Crippen molar-refractivity contribution < 1.29 is 17.8 Å². The zero-order valence-electron chi connectivity index (χ0n) is 7.12. The van der Waals surface area contributed by atoms with E-state index in [2.05, 4.69) is 15.6 Å². The third-order valence-electron chi connectivity index (χ3n) is 2.21. The molecule has 1 aliphatic heterocycles. The summed E-state index contributed by atoms with van der Waals surface area (Å²) in [4.78, 5) is 0. The number of hydrogen-bond donors (Lipinski definition) is 0. The fourth-order valence-corrected chi connectivity index (χ4v) is 2.01. The van der Waals surface area contributed by atoms with Crippen molar-refractivity contribution in [1.82, 2.24) is 0 Å². The van der Waals surface area contributed by atoms with Crippen molar-refractivity contribution in [2.45, 2.75) is 20.0 Å². The Morgan fingerprint density at radius 3 is 2.83 bits per heavy atom. The van der Waals surface area contributed by atoms with E-state index in [-0.39, 0.29) is 6.61 Å². The van der Waals surface area contributed by atoms with Crippen LogP contribution in [0.25, 0.3) is 0 Å². The molecule has 3 atom stereocenters. The fourth-order valence-electron chi connectivity index (χ4n) is 0.898. The molecule has 1 fully saturated rings. The van der Waals surface area contributed by atoms with Crippen LogP contribution in [0.3, 0.4) is 0 Å². The molecular weight excluding hydrogens is 182 g/mol. The molecule has 3 nitrogen and oxygen atoms in total. The molecule has 0 N–H and O–H groups in total. The molecule has 0 saturated carbocycles. The van der Waals surface area contributed by atoms with Crippen molar-refractivity contribution in [3.05, 3.63) is 12.7 Å². The van der Waals surface area contributed by atoms with Crippen molar-refractivity contribution in [2.24, 2.45) is 5.41 Å². The lowest BCUT2D eigenvalue weighted by atomic mass is 9.86. The van der Waals surface area contributed by atoms with E-state index < -0.39 is 19.4 Å². The molecule has 0 aromatic rings. The van der Waals surface area contributed by atoms with Crippen LogP contribution in [0.5, 0.6) is 0 Å². The Morgan fingerprint density at radius 2 is 2.42 bits per heavy atom. The van der Waals surface area contributed by atoms with Crippen molar-refractivity contribution in [3.8, 4) is 0 Å². The van der Waals surface area contributed by atoms with Crippen LogP contribution in [0, 0.1) is 5.41 Å². The maximum absolute atomic E-state index is 12.7. The molecule has 1 saturated heterocycles. The summed E-state index contributed by atoms with van der Waals surface area (Å²) >= 11 is 0. The zero-order chi connectivity index (χ0) is 9.41. The SMILES string of the molecule is C=CC1(C)COP(=O)(F)OC1C. The van der Waals surface area contributed by atoms with Crippen LogP contribution in [0.15, 0.2) is 12.7 Å². The van der Waals surface area contributed by atoms with Crippen molar-refractivity contribution >= 4 is 7.91 Å². The average Bonchev–Trinajstić information content (AvgIpc) is 1.97. The summed E-state index contributed by atoms with van der Waals surface area (Å²) in [6.07, 6.45) is 1.15. The molecule has 0 bridgehead atoms. The second-order valence-corrected chi connectivity index (χ2v) is 4.49. The van der Waals surface area contributed by atoms with Crippen molar-refractivity contribution in [2.75, 3.05) is 6.61 Å². The van der Waals surface area contributed by atoms with Gasteiger partial charge in [0.2, 0.25) is 0 Å². The first-order valence-corrected chi connectivity index (χ1v) is 5.09. The van der Waals surface area contributed by atoms with Crippen LogP contribution in [-0.4, -0.2) is 12.7 Å². The van der Waals surface area contributed by atoms with Crippen molar-refractivity contribution in [3.63, 3.8) is 0 Å². The maximum Gasteiger partial charge on any atom is 0.513 e. The molecule has 0 aromatic heterocycles. The quantitative estimate of drug-likeness (QED) is 0.475. The molecule has 1 heterocycles. The predicted octanol–water partition coefficient (Wildman–Crippen LogP) is 2.69. The van der Waals surface area contributed by atoms with Gasteiger partial charge in [-0.3, -0.25) is 9.05 Å². The molecule has 1 rings (SSSR count). The van der Waals surface area contributed by atoms with Gasteiger partial charge in [-0.05, 0) is 6.92 Å². The first kappa shape index (κ1) is 9.90. The van der Waals surface area contributed by atoms with Gasteiger partial charge in [0, 0.05) is 5.41 Å². The second-order valence-electron chi connectivity index (χ2n) is 3.16. The zero-order valence-corrected chi connectivity index (χ0v) is 8.01. The molecule has 0 spiro atoms. The average molecular weight is 194 g/mol. The molecule has 12 heavy (non-hydrogen) atoms. The Labute approximate surface area is 71.2 Å². The molecular formula is C7H12FO3P. The van der Waals surface area contributed by atoms with Crippen molar-refractivity contribution in [1.29, 1.82) is 0 Å². The summed E-state index contributed by atoms with van der Waals surface area (Å²) in [6, 6.07) is 0. The van der Waals surface area contributed by atoms with Crippen LogP contribution < -0.4 is 0 Å². The Balaban J connectivity index is 2.78. The van der Waals surface area contributed by atoms with Gasteiger partial charge < -0.3 is 0 Å². The van der Waals surface area contributed by atoms with Gasteiger partial charge in [-0.1, -0.05) is 13.0 Å². The lowest BCUT2D eigenvalue weighted by molar-refractivity contribution is -0.0104. The topological polar surface area (TPSA) is 35.5 Å². The highest BCUT2D eigenvalue weighted by atomic mass is 31.2. The van der Waals surface area contributed by atoms with Gasteiger partial charge in [-0.25, -0.2) is 4.57 Å². The summed E-state index contributed by atoms with van der Waals surface area (Å²) in [5.41, 5.74) is -0.458. The van der Waals surface area contributed by atoms with Gasteiger partial charge in [0.1, 0.15) is 0 Å². The Hall–Kier alpha value is -0.180. The molecule has 0 aliphatic carbocycles. The first-order chi connectivity index (χ1) is 5.40. The van der Waals surface area contributed by atoms with E-state index in [1.165, 1.54) is 0 Å². The highest BCUT2D eigenvalue weighted by Gasteiger charge is 2.43. The van der Waals surface area contributed by atoms with E-state index in [0.29, 0.717) is 0 Å². The van der Waals surface area contributed by atoms with E-state index in [1.54, 1.807) is 13.0 Å². The van der Waals surface area contributed by atoms with Gasteiger partial charge in [0.05, 0.1) is 12.7 Å². The van der Waals surface area contributed by atoms with Gasteiger partial charge in [0.15, 0.2) is 0 Å². The van der Waals surface area contributed by atoms with Crippen LogP contribution in [-0.2, 0) is 13.6 Å². The molecule has 3 unspecified atom stereocenters. The third-order valence-corrected chi connectivity index (χ3v) is 3.21. The van der Waals surface area contributed by atoms with Crippen LogP contribution in [0.4, 0.5) is 4.20 Å². The lowest BCUT2D eigenvalue weighted by Crippen LogP contribution is -2.37. The largest absolute Gasteiger partial charge is 0.513 e. The number of halogens is 1. The van der Waals surface area contributed by atoms with Gasteiger partial charge in [0.25, 0.3) is 0 Å². The van der Waals surface area contributed by atoms with E-state index in [1.807, 2.05) is 6.92 Å². The summed E-state index contributed by atoms with van der Waals surface area (Å²) in [7, 11) is -4.28. The second kappa shape index (κ2) is 2.95. The van der Waals surface area contributed by atoms with Gasteiger partial charge in [-0.2, -0.15) is 0 Å². The molecule has 5 heteroatoms. The Kier molecular flexibility index (Phi) is 2.43. The Bertz CT molecular complexity index is 243. The summed E-state index contributed by atoms with van der Waals surface area (Å²) in [5.74, 6) is 0. The predicted molar refractivity (Wildman–Crippen MR) is 43.5 cm³/mol. The third kappa shape index (κ3) is 1.76. The minimum Gasteiger partial charge on any atom is -0.283 e. The van der Waals surface area contributed by atoms with Crippen LogP contribution in [0.2, 0.25) is 0 Å². The molecule has 0 aromatic carbocycles. The molecule has 1 aliphatic rings. The van der Waals surface area contributed by atoms with E-state index in [9.17, 15) is 8.76 Å². The number of hydrogen-bond acceptors (Lipinski definition) is 3. The summed E-state index contributed by atoms with van der Waals surface area (Å²) in [5, 5.41) is 0. The molecule has 0 amide bonds. The normalized spacial score (nSPS) is 48.8. The first-order valence-electron chi connectivity index (χ1n) is 3.66. The minimum atomic E-state index is -4.28. The lowest BCUT2D eigenvalue weighted by Gasteiger charge is -2.36. The minimum absolute atomic E-state index is 0.0471. The van der Waals surface area contributed by atoms with Gasteiger partial charge >= 0.3 is 7.91 Å². The van der Waals surface area contributed by atoms with E-state index in [4.69, 9.17) is 0 Å². The monoisotopic (exact) mass is 194 g/mol.